The molecule has 0 aliphatic heterocycles. The van der Waals surface area contributed by atoms with Crippen molar-refractivity contribution in [3.05, 3.63) is 51.4 Å². The van der Waals surface area contributed by atoms with Crippen LogP contribution in [-0.4, -0.2) is 22.0 Å². The van der Waals surface area contributed by atoms with Gasteiger partial charge in [0.25, 0.3) is 5.56 Å². The van der Waals surface area contributed by atoms with Gasteiger partial charge in [0.1, 0.15) is 0 Å². The number of fused-ring (bicyclic) bond motifs is 1. The zero-order chi connectivity index (χ0) is 16.4. The van der Waals surface area contributed by atoms with E-state index in [0.29, 0.717) is 11.5 Å². The summed E-state index contributed by atoms with van der Waals surface area (Å²) in [7, 11) is 0. The summed E-state index contributed by atoms with van der Waals surface area (Å²) in [6, 6.07) is 6.87. The van der Waals surface area contributed by atoms with Gasteiger partial charge in [-0.15, -0.1) is 0 Å². The molecule has 0 fully saturated rings. The molecule has 6 heteroatoms. The first kappa shape index (κ1) is 15.3. The second kappa shape index (κ2) is 6.24. The molecule has 0 saturated heterocycles. The van der Waals surface area contributed by atoms with Crippen molar-refractivity contribution in [3.8, 4) is 0 Å². The molecule has 2 aromatic rings. The maximum atomic E-state index is 12.0. The Morgan fingerprint density at radius 1 is 1.26 bits per heavy atom. The third kappa shape index (κ3) is 3.41. The van der Waals surface area contributed by atoms with Gasteiger partial charge in [0, 0.05) is 11.3 Å². The first-order chi connectivity index (χ1) is 11.0. The van der Waals surface area contributed by atoms with Gasteiger partial charge in [-0.25, -0.2) is 9.78 Å². The van der Waals surface area contributed by atoms with Gasteiger partial charge in [0.2, 0.25) is 5.95 Å². The van der Waals surface area contributed by atoms with Gasteiger partial charge in [0.15, 0.2) is 0 Å². The number of hydrogen-bond acceptors (Lipinski definition) is 5. The van der Waals surface area contributed by atoms with Gasteiger partial charge in [-0.1, -0.05) is 0 Å². The number of hydrogen-bond donors (Lipinski definition) is 2. The molecule has 2 N–H and O–H groups in total. The normalized spacial score (nSPS) is 13.0. The minimum absolute atomic E-state index is 0.0767. The highest BCUT2D eigenvalue weighted by Crippen LogP contribution is 2.19. The maximum absolute atomic E-state index is 12.0. The van der Waals surface area contributed by atoms with E-state index in [4.69, 9.17) is 4.74 Å². The van der Waals surface area contributed by atoms with E-state index in [2.05, 4.69) is 15.3 Å². The Labute approximate surface area is 133 Å². The number of carbonyl (C=O) groups is 1. The summed E-state index contributed by atoms with van der Waals surface area (Å²) >= 11 is 0. The Morgan fingerprint density at radius 2 is 2.00 bits per heavy atom. The van der Waals surface area contributed by atoms with Crippen molar-refractivity contribution in [1.82, 2.24) is 9.97 Å². The first-order valence-electron chi connectivity index (χ1n) is 7.73. The lowest BCUT2D eigenvalue weighted by molar-refractivity contribution is 0.0378. The summed E-state index contributed by atoms with van der Waals surface area (Å²) in [5, 5.41) is 3.06. The summed E-state index contributed by atoms with van der Waals surface area (Å²) in [5.74, 6) is 0.0729. The van der Waals surface area contributed by atoms with Crippen LogP contribution >= 0.6 is 0 Å². The van der Waals surface area contributed by atoms with Crippen LogP contribution in [0.4, 0.5) is 11.6 Å². The lowest BCUT2D eigenvalue weighted by atomic mass is 10.2. The Bertz CT molecular complexity index is 779. The molecular formula is C17H19N3O3. The van der Waals surface area contributed by atoms with E-state index in [1.165, 1.54) is 0 Å². The number of ether oxygens (including phenoxy) is 1. The molecule has 0 bridgehead atoms. The highest BCUT2D eigenvalue weighted by molar-refractivity contribution is 5.90. The van der Waals surface area contributed by atoms with E-state index >= 15 is 0 Å². The molecule has 1 aliphatic rings. The van der Waals surface area contributed by atoms with Gasteiger partial charge < -0.3 is 10.1 Å². The molecule has 0 saturated carbocycles. The Balaban J connectivity index is 1.75. The molecule has 1 aromatic heterocycles. The number of nitrogens with one attached hydrogen (secondary N) is 2. The fourth-order valence-corrected chi connectivity index (χ4v) is 2.61. The lowest BCUT2D eigenvalue weighted by Crippen LogP contribution is -2.16. The van der Waals surface area contributed by atoms with E-state index in [-0.39, 0.29) is 17.6 Å². The molecule has 0 unspecified atom stereocenters. The predicted octanol–water partition coefficient (Wildman–Crippen LogP) is 2.57. The van der Waals surface area contributed by atoms with Crippen molar-refractivity contribution in [2.24, 2.45) is 0 Å². The average molecular weight is 313 g/mol. The van der Waals surface area contributed by atoms with Crippen molar-refractivity contribution < 1.29 is 9.53 Å². The number of H-pyrrole nitrogens is 1. The first-order valence-corrected chi connectivity index (χ1v) is 7.73. The van der Waals surface area contributed by atoms with Crippen molar-refractivity contribution >= 4 is 17.6 Å². The molecule has 1 heterocycles. The number of aromatic amines is 1. The van der Waals surface area contributed by atoms with Crippen LogP contribution in [0.1, 0.15) is 41.9 Å². The predicted molar refractivity (Wildman–Crippen MR) is 87.2 cm³/mol. The number of rotatable bonds is 4. The van der Waals surface area contributed by atoms with Gasteiger partial charge >= 0.3 is 5.97 Å². The Morgan fingerprint density at radius 3 is 2.70 bits per heavy atom. The van der Waals surface area contributed by atoms with Crippen molar-refractivity contribution in [2.75, 3.05) is 5.32 Å². The molecule has 0 spiro atoms. The minimum atomic E-state index is -0.351. The molecule has 1 aliphatic carbocycles. The topological polar surface area (TPSA) is 84.1 Å². The molecule has 120 valence electrons. The van der Waals surface area contributed by atoms with Crippen molar-refractivity contribution in [3.63, 3.8) is 0 Å². The molecule has 3 rings (SSSR count). The minimum Gasteiger partial charge on any atom is -0.459 e. The third-order valence-electron chi connectivity index (χ3n) is 3.67. The number of nitrogens with zero attached hydrogens (tertiary/aromatic N) is 1. The molecule has 0 radical (unpaired) electrons. The summed E-state index contributed by atoms with van der Waals surface area (Å²) in [6.45, 7) is 3.62. The Kier molecular flexibility index (Phi) is 4.14. The number of anilines is 2. The number of aryl methyl sites for hydroxylation is 1. The summed E-state index contributed by atoms with van der Waals surface area (Å²) < 4.78 is 5.14. The molecule has 0 atom stereocenters. The lowest BCUT2D eigenvalue weighted by Gasteiger charge is -2.09. The quantitative estimate of drug-likeness (QED) is 0.848. The van der Waals surface area contributed by atoms with E-state index in [1.54, 1.807) is 24.3 Å². The molecule has 23 heavy (non-hydrogen) atoms. The van der Waals surface area contributed by atoms with Gasteiger partial charge in [-0.05, 0) is 57.4 Å². The monoisotopic (exact) mass is 313 g/mol. The SMILES string of the molecule is CC(C)OC(=O)c1ccc(Nc2nc3c(c(=O)[nH]2)CCC3)cc1. The highest BCUT2D eigenvalue weighted by atomic mass is 16.5. The van der Waals surface area contributed by atoms with Crippen molar-refractivity contribution in [2.45, 2.75) is 39.2 Å². The summed E-state index contributed by atoms with van der Waals surface area (Å²) in [4.78, 5) is 31.0. The fraction of sp³-hybridized carbons (Fsp3) is 0.353. The number of esters is 1. The number of carbonyl (C=O) groups excluding carboxylic acids is 1. The van der Waals surface area contributed by atoms with Gasteiger partial charge in [0.05, 0.1) is 17.4 Å². The smallest absolute Gasteiger partial charge is 0.338 e. The van der Waals surface area contributed by atoms with Crippen LogP contribution in [-0.2, 0) is 17.6 Å². The second-order valence-corrected chi connectivity index (χ2v) is 5.85. The fourth-order valence-electron chi connectivity index (χ4n) is 2.61. The standard InChI is InChI=1S/C17H19N3O3/c1-10(2)23-16(22)11-6-8-12(9-7-11)18-17-19-14-5-3-4-13(14)15(21)20-17/h6-10H,3-5H2,1-2H3,(H2,18,19,20,21). The van der Waals surface area contributed by atoms with Crippen LogP contribution in [0.25, 0.3) is 0 Å². The Hall–Kier alpha value is -2.63. The van der Waals surface area contributed by atoms with Crippen LogP contribution in [0.3, 0.4) is 0 Å². The van der Waals surface area contributed by atoms with Gasteiger partial charge in [-0.2, -0.15) is 0 Å². The van der Waals surface area contributed by atoms with Crippen LogP contribution in [0.5, 0.6) is 0 Å². The summed E-state index contributed by atoms with van der Waals surface area (Å²) in [6.07, 6.45) is 2.46. The van der Waals surface area contributed by atoms with Crippen molar-refractivity contribution in [1.29, 1.82) is 0 Å². The zero-order valence-electron chi connectivity index (χ0n) is 13.2. The van der Waals surface area contributed by atoms with E-state index in [0.717, 1.165) is 36.2 Å². The second-order valence-electron chi connectivity index (χ2n) is 5.85. The van der Waals surface area contributed by atoms with Crippen LogP contribution in [0.2, 0.25) is 0 Å². The largest absolute Gasteiger partial charge is 0.459 e. The van der Waals surface area contributed by atoms with Crippen LogP contribution in [0, 0.1) is 0 Å². The van der Waals surface area contributed by atoms with E-state index < -0.39 is 0 Å². The van der Waals surface area contributed by atoms with Crippen LogP contribution in [0.15, 0.2) is 29.1 Å². The molecular weight excluding hydrogens is 294 g/mol. The molecule has 1 aromatic carbocycles. The summed E-state index contributed by atoms with van der Waals surface area (Å²) in [5.41, 5.74) is 2.81. The third-order valence-corrected chi connectivity index (χ3v) is 3.67. The maximum Gasteiger partial charge on any atom is 0.338 e. The van der Waals surface area contributed by atoms with E-state index in [1.807, 2.05) is 13.8 Å². The molecule has 0 amide bonds. The highest BCUT2D eigenvalue weighted by Gasteiger charge is 2.17. The molecule has 6 nitrogen and oxygen atoms in total. The number of aromatic nitrogens is 2. The van der Waals surface area contributed by atoms with Crippen LogP contribution < -0.4 is 10.9 Å². The van der Waals surface area contributed by atoms with Gasteiger partial charge in [-0.3, -0.25) is 9.78 Å². The van der Waals surface area contributed by atoms with E-state index in [9.17, 15) is 9.59 Å². The average Bonchev–Trinajstić information content (AvgIpc) is 2.96. The number of benzene rings is 1. The zero-order valence-corrected chi connectivity index (χ0v) is 13.2.